The van der Waals surface area contributed by atoms with E-state index >= 15 is 0 Å². The van der Waals surface area contributed by atoms with E-state index in [-0.39, 0.29) is 11.3 Å². The molecule has 0 radical (unpaired) electrons. The van der Waals surface area contributed by atoms with Crippen molar-refractivity contribution in [2.24, 2.45) is 5.73 Å². The van der Waals surface area contributed by atoms with Crippen molar-refractivity contribution in [2.45, 2.75) is 19.9 Å². The van der Waals surface area contributed by atoms with E-state index in [4.69, 9.17) is 5.73 Å². The van der Waals surface area contributed by atoms with Crippen molar-refractivity contribution in [3.05, 3.63) is 63.8 Å². The number of anilines is 1. The Morgan fingerprint density at radius 1 is 1.14 bits per heavy atom. The van der Waals surface area contributed by atoms with Gasteiger partial charge in [-0.3, -0.25) is 19.5 Å². The Hall–Kier alpha value is -3.26. The summed E-state index contributed by atoms with van der Waals surface area (Å²) in [5.74, 6) is -0.516. The van der Waals surface area contributed by atoms with Gasteiger partial charge in [0.25, 0.3) is 11.5 Å². The lowest BCUT2D eigenvalue weighted by atomic mass is 10.1. The largest absolute Gasteiger partial charge is 0.368 e. The first-order valence-electron chi connectivity index (χ1n) is 9.77. The summed E-state index contributed by atoms with van der Waals surface area (Å²) in [7, 11) is 0. The minimum absolute atomic E-state index is 0.0384. The second kappa shape index (κ2) is 8.00. The number of fused-ring (bicyclic) bond motifs is 1. The summed E-state index contributed by atoms with van der Waals surface area (Å²) >= 11 is 0. The maximum atomic E-state index is 12.1. The number of pyridine rings is 3. The molecule has 1 aliphatic heterocycles. The van der Waals surface area contributed by atoms with Crippen molar-refractivity contribution < 1.29 is 4.79 Å². The van der Waals surface area contributed by atoms with Crippen molar-refractivity contribution in [2.75, 3.05) is 31.1 Å². The normalized spacial score (nSPS) is 15.0. The van der Waals surface area contributed by atoms with Crippen LogP contribution in [0.5, 0.6) is 0 Å². The number of primary amides is 1. The van der Waals surface area contributed by atoms with Crippen LogP contribution in [-0.2, 0) is 13.0 Å². The highest BCUT2D eigenvalue weighted by Gasteiger charge is 2.18. The van der Waals surface area contributed by atoms with Gasteiger partial charge in [-0.2, -0.15) is 0 Å². The average molecular weight is 392 g/mol. The molecule has 3 aromatic heterocycles. The molecule has 3 aromatic rings. The highest BCUT2D eigenvalue weighted by atomic mass is 16.1. The fourth-order valence-corrected chi connectivity index (χ4v) is 3.66. The van der Waals surface area contributed by atoms with Gasteiger partial charge in [-0.05, 0) is 36.2 Å². The van der Waals surface area contributed by atoms with E-state index in [1.807, 2.05) is 31.3 Å². The van der Waals surface area contributed by atoms with Gasteiger partial charge in [-0.1, -0.05) is 6.92 Å². The number of aryl methyl sites for hydroxylation is 1. The average Bonchev–Trinajstić information content (AvgIpc) is 2.74. The number of amides is 1. The molecule has 8 heteroatoms. The summed E-state index contributed by atoms with van der Waals surface area (Å²) in [4.78, 5) is 39.4. The molecule has 150 valence electrons. The third-order valence-corrected chi connectivity index (χ3v) is 5.35. The Bertz CT molecular complexity index is 1080. The van der Waals surface area contributed by atoms with Gasteiger partial charge >= 0.3 is 0 Å². The zero-order valence-corrected chi connectivity index (χ0v) is 16.4. The van der Waals surface area contributed by atoms with Crippen molar-refractivity contribution in [1.82, 2.24) is 19.9 Å². The van der Waals surface area contributed by atoms with Gasteiger partial charge < -0.3 is 15.6 Å². The van der Waals surface area contributed by atoms with E-state index < -0.39 is 5.91 Å². The molecule has 1 saturated heterocycles. The van der Waals surface area contributed by atoms with Crippen LogP contribution in [0, 0.1) is 0 Å². The number of aromatic nitrogens is 3. The number of hydrogen-bond donors (Lipinski definition) is 2. The van der Waals surface area contributed by atoms with Crippen LogP contribution in [0.1, 0.15) is 28.5 Å². The van der Waals surface area contributed by atoms with Crippen LogP contribution in [0.15, 0.2) is 41.5 Å². The molecule has 29 heavy (non-hydrogen) atoms. The second-order valence-corrected chi connectivity index (χ2v) is 7.28. The number of aromatic amines is 1. The number of H-pyrrole nitrogens is 1. The lowest BCUT2D eigenvalue weighted by Crippen LogP contribution is -2.46. The number of carbonyl (C=O) groups excluding carboxylic acids is 1. The van der Waals surface area contributed by atoms with E-state index in [0.717, 1.165) is 60.6 Å². The lowest BCUT2D eigenvalue weighted by Gasteiger charge is -2.36. The molecule has 0 saturated carbocycles. The van der Waals surface area contributed by atoms with Gasteiger partial charge in [0.05, 0.1) is 22.9 Å². The van der Waals surface area contributed by atoms with E-state index in [9.17, 15) is 9.59 Å². The van der Waals surface area contributed by atoms with Crippen molar-refractivity contribution >= 4 is 22.6 Å². The monoisotopic (exact) mass is 392 g/mol. The second-order valence-electron chi connectivity index (χ2n) is 7.28. The lowest BCUT2D eigenvalue weighted by molar-refractivity contribution is 0.0995. The van der Waals surface area contributed by atoms with Gasteiger partial charge in [-0.25, -0.2) is 4.98 Å². The Labute approximate surface area is 168 Å². The van der Waals surface area contributed by atoms with Crippen molar-refractivity contribution in [3.8, 4) is 0 Å². The Morgan fingerprint density at radius 3 is 2.59 bits per heavy atom. The van der Waals surface area contributed by atoms with Gasteiger partial charge in [0, 0.05) is 44.5 Å². The number of hydrogen-bond acceptors (Lipinski definition) is 6. The van der Waals surface area contributed by atoms with Crippen LogP contribution < -0.4 is 16.2 Å². The highest BCUT2D eigenvalue weighted by Crippen LogP contribution is 2.18. The first kappa shape index (κ1) is 19.1. The maximum absolute atomic E-state index is 12.1. The quantitative estimate of drug-likeness (QED) is 0.678. The Kier molecular flexibility index (Phi) is 5.26. The summed E-state index contributed by atoms with van der Waals surface area (Å²) < 4.78 is 0. The minimum atomic E-state index is -0.516. The molecule has 0 atom stereocenters. The van der Waals surface area contributed by atoms with Crippen molar-refractivity contribution in [1.29, 1.82) is 0 Å². The molecular weight excluding hydrogens is 368 g/mol. The molecule has 0 bridgehead atoms. The smallest absolute Gasteiger partial charge is 0.267 e. The minimum Gasteiger partial charge on any atom is -0.368 e. The number of nitrogens with zero attached hydrogens (tertiary/aromatic N) is 4. The topological polar surface area (TPSA) is 108 Å². The molecule has 8 nitrogen and oxygen atoms in total. The summed E-state index contributed by atoms with van der Waals surface area (Å²) in [5, 5.41) is 0. The van der Waals surface area contributed by atoms with E-state index in [0.29, 0.717) is 6.42 Å². The van der Waals surface area contributed by atoms with Gasteiger partial charge in [-0.15, -0.1) is 0 Å². The molecule has 4 rings (SSSR count). The predicted molar refractivity (Wildman–Crippen MR) is 112 cm³/mol. The van der Waals surface area contributed by atoms with Crippen LogP contribution in [0.25, 0.3) is 11.0 Å². The van der Waals surface area contributed by atoms with Crippen LogP contribution in [0.4, 0.5) is 5.69 Å². The number of rotatable bonds is 5. The van der Waals surface area contributed by atoms with Gasteiger partial charge in [0.2, 0.25) is 0 Å². The predicted octanol–water partition coefficient (Wildman–Crippen LogP) is 1.30. The number of piperazine rings is 1. The molecule has 1 aliphatic rings. The third-order valence-electron chi connectivity index (χ3n) is 5.35. The summed E-state index contributed by atoms with van der Waals surface area (Å²) in [6.07, 6.45) is 4.28. The fraction of sp³-hybridized carbons (Fsp3) is 0.333. The summed E-state index contributed by atoms with van der Waals surface area (Å²) in [6.45, 7) is 6.30. The molecule has 1 fully saturated rings. The van der Waals surface area contributed by atoms with Crippen LogP contribution >= 0.6 is 0 Å². The van der Waals surface area contributed by atoms with Crippen LogP contribution in [0.2, 0.25) is 0 Å². The zero-order chi connectivity index (χ0) is 20.4. The SMILES string of the molecule is CCc1cc2ncc(CN3CCN(c4ccc(C(N)=O)nc4)CC3)cc2[nH]c1=O. The number of nitrogens with two attached hydrogens (primary N) is 1. The van der Waals surface area contributed by atoms with Crippen LogP contribution in [-0.4, -0.2) is 51.9 Å². The van der Waals surface area contributed by atoms with Gasteiger partial charge in [0.15, 0.2) is 0 Å². The van der Waals surface area contributed by atoms with Crippen molar-refractivity contribution in [3.63, 3.8) is 0 Å². The molecule has 3 N–H and O–H groups in total. The molecule has 0 unspecified atom stereocenters. The molecule has 0 spiro atoms. The first-order valence-corrected chi connectivity index (χ1v) is 9.77. The summed E-state index contributed by atoms with van der Waals surface area (Å²) in [6, 6.07) is 7.43. The fourth-order valence-electron chi connectivity index (χ4n) is 3.66. The van der Waals surface area contributed by atoms with E-state index in [2.05, 4.69) is 24.8 Å². The molecule has 0 aromatic carbocycles. The first-order chi connectivity index (χ1) is 14.0. The van der Waals surface area contributed by atoms with Gasteiger partial charge in [0.1, 0.15) is 5.69 Å². The molecule has 0 aliphatic carbocycles. The van der Waals surface area contributed by atoms with E-state index in [1.165, 1.54) is 0 Å². The molecule has 1 amide bonds. The molecule has 4 heterocycles. The zero-order valence-electron chi connectivity index (χ0n) is 16.4. The highest BCUT2D eigenvalue weighted by molar-refractivity contribution is 5.90. The van der Waals surface area contributed by atoms with E-state index in [1.54, 1.807) is 12.3 Å². The Morgan fingerprint density at radius 2 is 1.93 bits per heavy atom. The number of nitrogens with one attached hydrogen (secondary N) is 1. The number of carbonyl (C=O) groups is 1. The maximum Gasteiger partial charge on any atom is 0.267 e. The standard InChI is InChI=1S/C21H24N6O2/c1-2-15-10-18-19(25-21(15)29)9-14(11-23-18)13-26-5-7-27(8-6-26)16-3-4-17(20(22)28)24-12-16/h3-4,9-12H,2,5-8,13H2,1H3,(H2,22,28)(H,25,29). The third kappa shape index (κ3) is 4.12. The summed E-state index contributed by atoms with van der Waals surface area (Å²) in [5.41, 5.74) is 9.92. The Balaban J connectivity index is 1.40. The van der Waals surface area contributed by atoms with Crippen LogP contribution in [0.3, 0.4) is 0 Å². The molecular formula is C21H24N6O2.